The van der Waals surface area contributed by atoms with E-state index in [0.717, 1.165) is 0 Å². The average molecular weight is 408 g/mol. The summed E-state index contributed by atoms with van der Waals surface area (Å²) in [4.78, 5) is 14.5. The molecule has 0 aromatic carbocycles. The summed E-state index contributed by atoms with van der Waals surface area (Å²) in [6.45, 7) is 15.9. The van der Waals surface area contributed by atoms with E-state index >= 15 is 0 Å². The van der Waals surface area contributed by atoms with Crippen molar-refractivity contribution in [3.8, 4) is 0 Å². The molecule has 0 fully saturated rings. The summed E-state index contributed by atoms with van der Waals surface area (Å²) >= 11 is 0. The number of nitrogens with zero attached hydrogens (tertiary/aromatic N) is 2. The number of hydrogen-bond acceptors (Lipinski definition) is 2. The molecule has 17 heavy (non-hydrogen) atoms. The zero-order valence-electron chi connectivity index (χ0n) is 11.3. The minimum Gasteiger partial charge on any atom is -0.577 e. The second-order valence-corrected chi connectivity index (χ2v) is 3.62. The first-order valence-corrected chi connectivity index (χ1v) is 4.82. The molecule has 0 atom stereocenters. The number of allylic oxidation sites excluding steroid dienone is 4. The SMILES string of the molecule is CC1=[C-]C(C)(C)C(C)=C1C.[CH2-]C.[N-]=O.[N-]=O.[W]. The quantitative estimate of drug-likeness (QED) is 0.550. The fourth-order valence-corrected chi connectivity index (χ4v) is 1.41. The monoisotopic (exact) mass is 408 g/mol. The average Bonchev–Trinajstić information content (AvgIpc) is 2.50. The maximum atomic E-state index is 7.25. The van der Waals surface area contributed by atoms with Crippen molar-refractivity contribution in [2.45, 2.75) is 41.5 Å². The van der Waals surface area contributed by atoms with Gasteiger partial charge in [0, 0.05) is 21.1 Å². The Labute approximate surface area is 119 Å². The fourth-order valence-electron chi connectivity index (χ4n) is 1.41. The maximum absolute atomic E-state index is 7.25. The molecule has 0 aromatic rings. The third kappa shape index (κ3) is 8.14. The normalized spacial score (nSPS) is 14.6. The molecular formula is C12H20N2O2W-4. The Balaban J connectivity index is -0.000000106. The molecule has 1 rings (SSSR count). The molecule has 0 bridgehead atoms. The van der Waals surface area contributed by atoms with Crippen LogP contribution in [0.3, 0.4) is 0 Å². The van der Waals surface area contributed by atoms with Gasteiger partial charge in [0.1, 0.15) is 0 Å². The summed E-state index contributed by atoms with van der Waals surface area (Å²) in [5, 5.41) is 0. The largest absolute Gasteiger partial charge is 0.577 e. The number of nitroso groups, excluding NO2 is 2. The van der Waals surface area contributed by atoms with Crippen LogP contribution < -0.4 is 0 Å². The molecule has 0 unspecified atom stereocenters. The van der Waals surface area contributed by atoms with Gasteiger partial charge in [-0.1, -0.05) is 33.1 Å². The topological polar surface area (TPSA) is 78.7 Å². The first-order valence-electron chi connectivity index (χ1n) is 4.82. The van der Waals surface area contributed by atoms with E-state index in [4.69, 9.17) is 21.0 Å². The third-order valence-corrected chi connectivity index (χ3v) is 2.56. The van der Waals surface area contributed by atoms with E-state index in [1.165, 1.54) is 16.7 Å². The van der Waals surface area contributed by atoms with Crippen molar-refractivity contribution >= 4 is 0 Å². The van der Waals surface area contributed by atoms with Crippen molar-refractivity contribution < 1.29 is 21.1 Å². The van der Waals surface area contributed by atoms with E-state index in [-0.39, 0.29) is 26.5 Å². The smallest absolute Gasteiger partial charge is 0 e. The van der Waals surface area contributed by atoms with Gasteiger partial charge in [0.2, 0.25) is 0 Å². The van der Waals surface area contributed by atoms with E-state index in [2.05, 4.69) is 47.6 Å². The molecule has 0 saturated carbocycles. The van der Waals surface area contributed by atoms with Gasteiger partial charge in [0.05, 0.1) is 0 Å². The second kappa shape index (κ2) is 13.4. The minimum atomic E-state index is 0. The summed E-state index contributed by atoms with van der Waals surface area (Å²) in [7, 11) is 0. The van der Waals surface area contributed by atoms with Crippen LogP contribution in [0.1, 0.15) is 41.5 Å². The molecule has 0 radical (unpaired) electrons. The van der Waals surface area contributed by atoms with Gasteiger partial charge in [0.25, 0.3) is 0 Å². The van der Waals surface area contributed by atoms with Crippen LogP contribution in [0.5, 0.6) is 0 Å². The van der Waals surface area contributed by atoms with Gasteiger partial charge in [-0.05, 0) is 0 Å². The van der Waals surface area contributed by atoms with Gasteiger partial charge in [-0.25, -0.2) is 5.57 Å². The minimum absolute atomic E-state index is 0. The predicted molar refractivity (Wildman–Crippen MR) is 69.1 cm³/mol. The standard InChI is InChI=1S/C10H15.C2H5.2NO.W/c1-7-6-10(4,5)9(3)8(7)2;3*1-2;/h1-5H3;1H2,2H3;;;/q4*-1;. The second-order valence-electron chi connectivity index (χ2n) is 3.62. The molecule has 0 aliphatic heterocycles. The summed E-state index contributed by atoms with van der Waals surface area (Å²) in [5.41, 5.74) is 15.9. The van der Waals surface area contributed by atoms with E-state index in [0.29, 0.717) is 0 Å². The van der Waals surface area contributed by atoms with Crippen LogP contribution in [-0.2, 0) is 21.1 Å². The molecule has 0 amide bonds. The van der Waals surface area contributed by atoms with Crippen LogP contribution in [0, 0.1) is 28.2 Å². The van der Waals surface area contributed by atoms with Crippen molar-refractivity contribution in [1.29, 1.82) is 0 Å². The molecule has 1 aliphatic carbocycles. The van der Waals surface area contributed by atoms with E-state index < -0.39 is 0 Å². The summed E-state index contributed by atoms with van der Waals surface area (Å²) in [6, 6.07) is 0. The maximum Gasteiger partial charge on any atom is 0 e. The Bertz CT molecular complexity index is 259. The zero-order valence-corrected chi connectivity index (χ0v) is 14.3. The molecule has 0 saturated heterocycles. The Kier molecular flexibility index (Phi) is 20.0. The van der Waals surface area contributed by atoms with Crippen LogP contribution in [0.2, 0.25) is 0 Å². The first kappa shape index (κ1) is 25.3. The fraction of sp³-hybridized carbons (Fsp3) is 0.583. The van der Waals surface area contributed by atoms with Crippen molar-refractivity contribution in [2.75, 3.05) is 0 Å². The molecule has 4 nitrogen and oxygen atoms in total. The Morgan fingerprint density at radius 2 is 1.29 bits per heavy atom. The van der Waals surface area contributed by atoms with Crippen LogP contribution in [0.4, 0.5) is 0 Å². The Hall–Kier alpha value is -0.632. The first-order chi connectivity index (χ1) is 7.45. The molecule has 1 aliphatic rings. The number of hydrogen-bond donors (Lipinski definition) is 0. The summed E-state index contributed by atoms with van der Waals surface area (Å²) in [6.07, 6.45) is 3.44. The zero-order chi connectivity index (χ0) is 13.9. The molecule has 0 N–H and O–H groups in total. The molecule has 0 spiro atoms. The van der Waals surface area contributed by atoms with Crippen molar-refractivity contribution in [3.63, 3.8) is 0 Å². The van der Waals surface area contributed by atoms with E-state index in [9.17, 15) is 0 Å². The summed E-state index contributed by atoms with van der Waals surface area (Å²) in [5.74, 6) is 0. The molecule has 100 valence electrons. The predicted octanol–water partition coefficient (Wildman–Crippen LogP) is 4.59. The van der Waals surface area contributed by atoms with E-state index in [1.54, 1.807) is 6.92 Å². The van der Waals surface area contributed by atoms with Crippen LogP contribution >= 0.6 is 0 Å². The van der Waals surface area contributed by atoms with Crippen LogP contribution in [0.15, 0.2) is 16.7 Å². The molecule has 5 heteroatoms. The van der Waals surface area contributed by atoms with Gasteiger partial charge in [-0.3, -0.25) is 6.08 Å². The van der Waals surface area contributed by atoms with Gasteiger partial charge >= 0.3 is 0 Å². The van der Waals surface area contributed by atoms with Crippen molar-refractivity contribution in [2.24, 2.45) is 5.41 Å². The molecular weight excluding hydrogens is 388 g/mol. The Morgan fingerprint density at radius 1 is 1.00 bits per heavy atom. The third-order valence-electron chi connectivity index (χ3n) is 2.56. The van der Waals surface area contributed by atoms with Gasteiger partial charge in [0.15, 0.2) is 0 Å². The van der Waals surface area contributed by atoms with Gasteiger partial charge < -0.3 is 27.9 Å². The summed E-state index contributed by atoms with van der Waals surface area (Å²) < 4.78 is 0. The van der Waals surface area contributed by atoms with Crippen LogP contribution in [0.25, 0.3) is 11.2 Å². The Morgan fingerprint density at radius 3 is 1.35 bits per heavy atom. The van der Waals surface area contributed by atoms with Gasteiger partial charge in [-0.2, -0.15) is 18.1 Å². The van der Waals surface area contributed by atoms with E-state index in [1.807, 2.05) is 0 Å². The molecule has 0 aromatic heterocycles. The number of rotatable bonds is 0. The van der Waals surface area contributed by atoms with Crippen LogP contribution in [-0.4, -0.2) is 0 Å². The van der Waals surface area contributed by atoms with Crippen molar-refractivity contribution in [3.05, 3.63) is 50.7 Å². The van der Waals surface area contributed by atoms with Crippen molar-refractivity contribution in [1.82, 2.24) is 0 Å². The molecule has 0 heterocycles. The van der Waals surface area contributed by atoms with Gasteiger partial charge in [-0.15, -0.1) is 6.92 Å².